The van der Waals surface area contributed by atoms with Crippen molar-refractivity contribution >= 4 is 23.4 Å². The molecule has 4 nitrogen and oxygen atoms in total. The van der Waals surface area contributed by atoms with E-state index < -0.39 is 0 Å². The van der Waals surface area contributed by atoms with E-state index in [-0.39, 0.29) is 5.91 Å². The molecule has 5 heteroatoms. The Balaban J connectivity index is 2.66. The topological polar surface area (TPSA) is 81.1 Å². The number of rotatable bonds is 3. The first-order chi connectivity index (χ1) is 6.63. The van der Waals surface area contributed by atoms with Gasteiger partial charge in [0.1, 0.15) is 0 Å². The molecule has 5 N–H and O–H groups in total. The fourth-order valence-corrected chi connectivity index (χ4v) is 1.84. The minimum Gasteiger partial charge on any atom is -0.399 e. The van der Waals surface area contributed by atoms with Gasteiger partial charge in [-0.3, -0.25) is 10.2 Å². The standard InChI is InChI=1S/C9H13N3OS/c1-6-2-3-7(10)4-8(6)14-5-9(13)12-11/h2-4H,5,10-11H2,1H3,(H,12,13). The number of thioether (sulfide) groups is 1. The number of benzene rings is 1. The van der Waals surface area contributed by atoms with Crippen molar-refractivity contribution in [3.8, 4) is 0 Å². The van der Waals surface area contributed by atoms with Crippen molar-refractivity contribution in [1.29, 1.82) is 0 Å². The van der Waals surface area contributed by atoms with Gasteiger partial charge in [0, 0.05) is 10.6 Å². The number of anilines is 1. The lowest BCUT2D eigenvalue weighted by molar-refractivity contribution is -0.118. The summed E-state index contributed by atoms with van der Waals surface area (Å²) in [5.74, 6) is 5.08. The van der Waals surface area contributed by atoms with Crippen LogP contribution in [-0.2, 0) is 4.79 Å². The first-order valence-electron chi connectivity index (χ1n) is 4.12. The van der Waals surface area contributed by atoms with Gasteiger partial charge < -0.3 is 5.73 Å². The highest BCUT2D eigenvalue weighted by Gasteiger charge is 2.03. The number of hydrogen-bond donors (Lipinski definition) is 3. The Morgan fingerprint density at radius 2 is 2.29 bits per heavy atom. The summed E-state index contributed by atoms with van der Waals surface area (Å²) in [4.78, 5) is 11.9. The predicted octanol–water partition coefficient (Wildman–Crippen LogP) is 0.659. The van der Waals surface area contributed by atoms with Gasteiger partial charge >= 0.3 is 0 Å². The van der Waals surface area contributed by atoms with Crippen LogP contribution in [0.4, 0.5) is 5.69 Å². The summed E-state index contributed by atoms with van der Waals surface area (Å²) in [6.07, 6.45) is 0. The van der Waals surface area contributed by atoms with E-state index in [4.69, 9.17) is 11.6 Å². The lowest BCUT2D eigenvalue weighted by Gasteiger charge is -2.05. The molecule has 0 aliphatic heterocycles. The van der Waals surface area contributed by atoms with Crippen LogP contribution in [0.3, 0.4) is 0 Å². The minimum absolute atomic E-state index is 0.197. The van der Waals surface area contributed by atoms with Crippen LogP contribution in [0.15, 0.2) is 23.1 Å². The van der Waals surface area contributed by atoms with Crippen molar-refractivity contribution in [1.82, 2.24) is 5.43 Å². The lowest BCUT2D eigenvalue weighted by Crippen LogP contribution is -2.31. The Kier molecular flexibility index (Phi) is 3.79. The van der Waals surface area contributed by atoms with Gasteiger partial charge in [-0.05, 0) is 24.6 Å². The molecule has 0 unspecified atom stereocenters. The number of carbonyl (C=O) groups is 1. The smallest absolute Gasteiger partial charge is 0.244 e. The zero-order valence-electron chi connectivity index (χ0n) is 7.91. The maximum Gasteiger partial charge on any atom is 0.244 e. The maximum absolute atomic E-state index is 10.9. The quantitative estimate of drug-likeness (QED) is 0.225. The number of nitrogens with two attached hydrogens (primary N) is 2. The number of aryl methyl sites for hydroxylation is 1. The normalized spacial score (nSPS) is 9.86. The van der Waals surface area contributed by atoms with Gasteiger partial charge in [0.05, 0.1) is 5.75 Å². The van der Waals surface area contributed by atoms with Crippen molar-refractivity contribution in [3.63, 3.8) is 0 Å². The third-order valence-electron chi connectivity index (χ3n) is 1.73. The molecule has 0 bridgehead atoms. The molecule has 1 aromatic rings. The molecule has 0 aliphatic carbocycles. The van der Waals surface area contributed by atoms with Gasteiger partial charge in [0.25, 0.3) is 0 Å². The maximum atomic E-state index is 10.9. The molecule has 1 rings (SSSR count). The molecule has 0 radical (unpaired) electrons. The van der Waals surface area contributed by atoms with Crippen LogP contribution in [0.25, 0.3) is 0 Å². The molecule has 0 heterocycles. The summed E-state index contributed by atoms with van der Waals surface area (Å²) >= 11 is 1.42. The van der Waals surface area contributed by atoms with E-state index in [1.54, 1.807) is 0 Å². The fraction of sp³-hybridized carbons (Fsp3) is 0.222. The fourth-order valence-electron chi connectivity index (χ4n) is 0.957. The van der Waals surface area contributed by atoms with E-state index in [0.29, 0.717) is 11.4 Å². The second-order valence-electron chi connectivity index (χ2n) is 2.88. The monoisotopic (exact) mass is 211 g/mol. The molecule has 0 spiro atoms. The Morgan fingerprint density at radius 3 is 2.93 bits per heavy atom. The highest BCUT2D eigenvalue weighted by molar-refractivity contribution is 8.00. The van der Waals surface area contributed by atoms with Crippen LogP contribution in [0, 0.1) is 6.92 Å². The van der Waals surface area contributed by atoms with Crippen LogP contribution in [0.5, 0.6) is 0 Å². The van der Waals surface area contributed by atoms with Gasteiger partial charge in [-0.2, -0.15) is 0 Å². The zero-order chi connectivity index (χ0) is 10.6. The van der Waals surface area contributed by atoms with Crippen LogP contribution in [0.1, 0.15) is 5.56 Å². The summed E-state index contributed by atoms with van der Waals surface area (Å²) in [6, 6.07) is 5.62. The van der Waals surface area contributed by atoms with Gasteiger partial charge in [-0.15, -0.1) is 11.8 Å². The van der Waals surface area contributed by atoms with Crippen molar-refractivity contribution in [2.75, 3.05) is 11.5 Å². The van der Waals surface area contributed by atoms with E-state index in [1.165, 1.54) is 11.8 Å². The van der Waals surface area contributed by atoms with Crippen LogP contribution in [0.2, 0.25) is 0 Å². The number of carbonyl (C=O) groups excluding carboxylic acids is 1. The molecule has 1 aromatic carbocycles. The van der Waals surface area contributed by atoms with Crippen molar-refractivity contribution in [2.24, 2.45) is 5.84 Å². The Labute approximate surface area is 87.0 Å². The molecule has 1 amide bonds. The Bertz CT molecular complexity index is 341. The van der Waals surface area contributed by atoms with Gasteiger partial charge in [-0.1, -0.05) is 6.07 Å². The molecule has 0 fully saturated rings. The third-order valence-corrected chi connectivity index (χ3v) is 2.89. The third kappa shape index (κ3) is 2.93. The molecule has 0 aliphatic rings. The van der Waals surface area contributed by atoms with Crippen molar-refractivity contribution in [3.05, 3.63) is 23.8 Å². The number of hydrogen-bond acceptors (Lipinski definition) is 4. The molecule has 14 heavy (non-hydrogen) atoms. The van der Waals surface area contributed by atoms with Crippen molar-refractivity contribution < 1.29 is 4.79 Å². The van der Waals surface area contributed by atoms with Gasteiger partial charge in [-0.25, -0.2) is 5.84 Å². The summed E-state index contributed by atoms with van der Waals surface area (Å²) in [5, 5.41) is 0. The molecule has 76 valence electrons. The first kappa shape index (κ1) is 10.9. The highest BCUT2D eigenvalue weighted by Crippen LogP contribution is 2.24. The van der Waals surface area contributed by atoms with Gasteiger partial charge in [0.2, 0.25) is 5.91 Å². The largest absolute Gasteiger partial charge is 0.399 e. The van der Waals surface area contributed by atoms with Crippen LogP contribution in [-0.4, -0.2) is 11.7 Å². The molecule has 0 saturated carbocycles. The predicted molar refractivity (Wildman–Crippen MR) is 58.6 cm³/mol. The number of nitrogens with one attached hydrogen (secondary N) is 1. The summed E-state index contributed by atoms with van der Waals surface area (Å²) in [5.41, 5.74) is 9.51. The molecular weight excluding hydrogens is 198 g/mol. The summed E-state index contributed by atoms with van der Waals surface area (Å²) in [7, 11) is 0. The van der Waals surface area contributed by atoms with E-state index in [0.717, 1.165) is 10.5 Å². The summed E-state index contributed by atoms with van der Waals surface area (Å²) < 4.78 is 0. The van der Waals surface area contributed by atoms with Crippen LogP contribution < -0.4 is 17.0 Å². The number of amides is 1. The zero-order valence-corrected chi connectivity index (χ0v) is 8.73. The van der Waals surface area contributed by atoms with Crippen molar-refractivity contribution in [2.45, 2.75) is 11.8 Å². The first-order valence-corrected chi connectivity index (χ1v) is 5.10. The van der Waals surface area contributed by atoms with E-state index in [1.807, 2.05) is 25.1 Å². The van der Waals surface area contributed by atoms with Crippen LogP contribution >= 0.6 is 11.8 Å². The van der Waals surface area contributed by atoms with E-state index >= 15 is 0 Å². The summed E-state index contributed by atoms with van der Waals surface area (Å²) in [6.45, 7) is 1.97. The average molecular weight is 211 g/mol. The average Bonchev–Trinajstić information content (AvgIpc) is 2.19. The minimum atomic E-state index is -0.197. The second-order valence-corrected chi connectivity index (χ2v) is 3.90. The molecule has 0 atom stereocenters. The number of nitrogen functional groups attached to an aromatic ring is 1. The Morgan fingerprint density at radius 1 is 1.57 bits per heavy atom. The van der Waals surface area contributed by atoms with E-state index in [2.05, 4.69) is 5.43 Å². The SMILES string of the molecule is Cc1ccc(N)cc1SCC(=O)NN. The lowest BCUT2D eigenvalue weighted by atomic mass is 10.2. The second kappa shape index (κ2) is 4.88. The Hall–Kier alpha value is -1.20. The highest BCUT2D eigenvalue weighted by atomic mass is 32.2. The van der Waals surface area contributed by atoms with Gasteiger partial charge in [0.15, 0.2) is 0 Å². The molecule has 0 saturated heterocycles. The number of hydrazine groups is 1. The molecule has 0 aromatic heterocycles. The van der Waals surface area contributed by atoms with E-state index in [9.17, 15) is 4.79 Å². The molecular formula is C9H13N3OS.